The molecule has 2 rings (SSSR count). The Morgan fingerprint density at radius 1 is 1.47 bits per heavy atom. The second-order valence-corrected chi connectivity index (χ2v) is 5.02. The Morgan fingerprint density at radius 2 is 2.21 bits per heavy atom. The van der Waals surface area contributed by atoms with Crippen molar-refractivity contribution < 1.29 is 19.1 Å². The molecule has 1 heterocycles. The Balaban J connectivity index is 1.78. The van der Waals surface area contributed by atoms with E-state index < -0.39 is 11.6 Å². The number of esters is 1. The standard InChI is InChI=1S/C14H21NO4/c1-2-18-13(16)12-6-5-11(19-12)9-15-10-14(17)7-3-4-8-14/h5-6,15,17H,2-4,7-10H2,1H3. The summed E-state index contributed by atoms with van der Waals surface area (Å²) in [6, 6.07) is 3.36. The summed E-state index contributed by atoms with van der Waals surface area (Å²) in [6.07, 6.45) is 3.89. The summed E-state index contributed by atoms with van der Waals surface area (Å²) in [6.45, 7) is 3.15. The van der Waals surface area contributed by atoms with Gasteiger partial charge in [0.2, 0.25) is 5.76 Å². The van der Waals surface area contributed by atoms with Gasteiger partial charge in [0.05, 0.1) is 18.8 Å². The Labute approximate surface area is 112 Å². The van der Waals surface area contributed by atoms with E-state index in [0.29, 0.717) is 25.5 Å². The van der Waals surface area contributed by atoms with Gasteiger partial charge in [0.15, 0.2) is 0 Å². The van der Waals surface area contributed by atoms with E-state index in [2.05, 4.69) is 5.32 Å². The van der Waals surface area contributed by atoms with Crippen LogP contribution in [0.25, 0.3) is 0 Å². The van der Waals surface area contributed by atoms with Gasteiger partial charge in [-0.1, -0.05) is 12.8 Å². The minimum absolute atomic E-state index is 0.221. The van der Waals surface area contributed by atoms with Crippen molar-refractivity contribution in [2.75, 3.05) is 13.2 Å². The highest BCUT2D eigenvalue weighted by Crippen LogP contribution is 2.28. The average molecular weight is 267 g/mol. The molecule has 1 aromatic rings. The van der Waals surface area contributed by atoms with Gasteiger partial charge in [0.25, 0.3) is 0 Å². The molecule has 0 radical (unpaired) electrons. The summed E-state index contributed by atoms with van der Waals surface area (Å²) in [5, 5.41) is 13.3. The van der Waals surface area contributed by atoms with Crippen LogP contribution in [0.1, 0.15) is 48.9 Å². The molecule has 0 amide bonds. The summed E-state index contributed by atoms with van der Waals surface area (Å²) in [7, 11) is 0. The van der Waals surface area contributed by atoms with E-state index in [1.807, 2.05) is 0 Å². The van der Waals surface area contributed by atoms with Crippen LogP contribution in [-0.2, 0) is 11.3 Å². The molecule has 0 aliphatic heterocycles. The first kappa shape index (κ1) is 14.1. The van der Waals surface area contributed by atoms with Gasteiger partial charge in [0, 0.05) is 6.54 Å². The molecular formula is C14H21NO4. The fraction of sp³-hybridized carbons (Fsp3) is 0.643. The number of hydrogen-bond donors (Lipinski definition) is 2. The van der Waals surface area contributed by atoms with E-state index in [-0.39, 0.29) is 5.76 Å². The highest BCUT2D eigenvalue weighted by molar-refractivity contribution is 5.86. The van der Waals surface area contributed by atoms with Crippen molar-refractivity contribution in [3.63, 3.8) is 0 Å². The predicted octanol–water partition coefficient (Wildman–Crippen LogP) is 1.85. The largest absolute Gasteiger partial charge is 0.460 e. The van der Waals surface area contributed by atoms with Gasteiger partial charge in [-0.2, -0.15) is 0 Å². The lowest BCUT2D eigenvalue weighted by molar-refractivity contribution is 0.0456. The number of aliphatic hydroxyl groups is 1. The third-order valence-electron chi connectivity index (χ3n) is 3.43. The molecule has 5 heteroatoms. The molecule has 106 valence electrons. The summed E-state index contributed by atoms with van der Waals surface area (Å²) >= 11 is 0. The van der Waals surface area contributed by atoms with Gasteiger partial charge in [-0.25, -0.2) is 4.79 Å². The molecule has 1 aliphatic rings. The topological polar surface area (TPSA) is 71.7 Å². The average Bonchev–Trinajstić information content (AvgIpc) is 2.99. The molecule has 0 bridgehead atoms. The van der Waals surface area contributed by atoms with Crippen LogP contribution in [0.2, 0.25) is 0 Å². The molecule has 1 aliphatic carbocycles. The van der Waals surface area contributed by atoms with Crippen molar-refractivity contribution in [1.29, 1.82) is 0 Å². The molecule has 2 N–H and O–H groups in total. The summed E-state index contributed by atoms with van der Waals surface area (Å²) in [5.41, 5.74) is -0.573. The van der Waals surface area contributed by atoms with Crippen LogP contribution in [0.4, 0.5) is 0 Å². The van der Waals surface area contributed by atoms with E-state index >= 15 is 0 Å². The molecule has 0 spiro atoms. The van der Waals surface area contributed by atoms with Crippen molar-refractivity contribution in [2.24, 2.45) is 0 Å². The quantitative estimate of drug-likeness (QED) is 0.770. The third-order valence-corrected chi connectivity index (χ3v) is 3.43. The van der Waals surface area contributed by atoms with Gasteiger partial charge in [-0.3, -0.25) is 0 Å². The first-order valence-corrected chi connectivity index (χ1v) is 6.82. The maximum absolute atomic E-state index is 11.4. The Hall–Kier alpha value is -1.33. The molecule has 19 heavy (non-hydrogen) atoms. The van der Waals surface area contributed by atoms with Crippen LogP contribution in [0, 0.1) is 0 Å². The number of rotatable bonds is 6. The summed E-state index contributed by atoms with van der Waals surface area (Å²) in [5.74, 6) is 0.450. The smallest absolute Gasteiger partial charge is 0.374 e. The number of furan rings is 1. The maximum Gasteiger partial charge on any atom is 0.374 e. The number of nitrogens with one attached hydrogen (secondary N) is 1. The van der Waals surface area contributed by atoms with Crippen molar-refractivity contribution in [1.82, 2.24) is 5.32 Å². The normalized spacial score (nSPS) is 17.6. The van der Waals surface area contributed by atoms with Gasteiger partial charge >= 0.3 is 5.97 Å². The van der Waals surface area contributed by atoms with E-state index in [1.165, 1.54) is 0 Å². The molecule has 5 nitrogen and oxygen atoms in total. The molecule has 1 aromatic heterocycles. The second kappa shape index (κ2) is 6.21. The third kappa shape index (κ3) is 3.81. The van der Waals surface area contributed by atoms with Crippen LogP contribution in [0.15, 0.2) is 16.5 Å². The van der Waals surface area contributed by atoms with E-state index in [4.69, 9.17) is 9.15 Å². The molecule has 0 unspecified atom stereocenters. The lowest BCUT2D eigenvalue weighted by Gasteiger charge is -2.22. The first-order chi connectivity index (χ1) is 9.13. The number of ether oxygens (including phenoxy) is 1. The zero-order chi connectivity index (χ0) is 13.7. The Bertz CT molecular complexity index is 421. The second-order valence-electron chi connectivity index (χ2n) is 5.02. The van der Waals surface area contributed by atoms with E-state index in [9.17, 15) is 9.90 Å². The van der Waals surface area contributed by atoms with Gasteiger partial charge in [-0.15, -0.1) is 0 Å². The monoisotopic (exact) mass is 267 g/mol. The van der Waals surface area contributed by atoms with Gasteiger partial charge in [0.1, 0.15) is 5.76 Å². The summed E-state index contributed by atoms with van der Waals surface area (Å²) in [4.78, 5) is 11.4. The number of hydrogen-bond acceptors (Lipinski definition) is 5. The van der Waals surface area contributed by atoms with E-state index in [0.717, 1.165) is 25.7 Å². The molecule has 1 fully saturated rings. The molecule has 1 saturated carbocycles. The van der Waals surface area contributed by atoms with Crippen molar-refractivity contribution in [2.45, 2.75) is 44.8 Å². The molecule has 0 atom stereocenters. The minimum Gasteiger partial charge on any atom is -0.460 e. The Morgan fingerprint density at radius 3 is 2.89 bits per heavy atom. The van der Waals surface area contributed by atoms with Crippen LogP contribution in [0.5, 0.6) is 0 Å². The number of carbonyl (C=O) groups excluding carboxylic acids is 1. The SMILES string of the molecule is CCOC(=O)c1ccc(CNCC2(O)CCCC2)o1. The van der Waals surface area contributed by atoms with Gasteiger partial charge < -0.3 is 19.6 Å². The first-order valence-electron chi connectivity index (χ1n) is 6.82. The van der Waals surface area contributed by atoms with Crippen molar-refractivity contribution in [3.8, 4) is 0 Å². The molecular weight excluding hydrogens is 246 g/mol. The lowest BCUT2D eigenvalue weighted by atomic mass is 10.0. The van der Waals surface area contributed by atoms with Crippen LogP contribution >= 0.6 is 0 Å². The minimum atomic E-state index is -0.573. The fourth-order valence-electron chi connectivity index (χ4n) is 2.41. The maximum atomic E-state index is 11.4. The van der Waals surface area contributed by atoms with Crippen LogP contribution in [0.3, 0.4) is 0 Å². The highest BCUT2D eigenvalue weighted by Gasteiger charge is 2.30. The van der Waals surface area contributed by atoms with Crippen molar-refractivity contribution >= 4 is 5.97 Å². The Kier molecular flexibility index (Phi) is 4.61. The number of carbonyl (C=O) groups is 1. The zero-order valence-corrected chi connectivity index (χ0v) is 11.3. The van der Waals surface area contributed by atoms with Crippen LogP contribution < -0.4 is 5.32 Å². The predicted molar refractivity (Wildman–Crippen MR) is 69.8 cm³/mol. The van der Waals surface area contributed by atoms with Crippen LogP contribution in [-0.4, -0.2) is 29.8 Å². The van der Waals surface area contributed by atoms with Gasteiger partial charge in [-0.05, 0) is 31.9 Å². The highest BCUT2D eigenvalue weighted by atomic mass is 16.5. The zero-order valence-electron chi connectivity index (χ0n) is 11.3. The molecule has 0 aromatic carbocycles. The lowest BCUT2D eigenvalue weighted by Crippen LogP contribution is -2.37. The fourth-order valence-corrected chi connectivity index (χ4v) is 2.41. The van der Waals surface area contributed by atoms with Crippen molar-refractivity contribution in [3.05, 3.63) is 23.7 Å². The molecule has 0 saturated heterocycles. The van der Waals surface area contributed by atoms with E-state index in [1.54, 1.807) is 19.1 Å². The summed E-state index contributed by atoms with van der Waals surface area (Å²) < 4.78 is 10.2.